The molecule has 0 radical (unpaired) electrons. The summed E-state index contributed by atoms with van der Waals surface area (Å²) in [5.41, 5.74) is 0.439. The average Bonchev–Trinajstić information content (AvgIpc) is 2.79. The number of hydrogen-bond donors (Lipinski definition) is 0. The van der Waals surface area contributed by atoms with E-state index in [4.69, 9.17) is 13.6 Å². The van der Waals surface area contributed by atoms with Crippen LogP contribution in [0.15, 0.2) is 0 Å². The highest BCUT2D eigenvalue weighted by Crippen LogP contribution is 2.56. The molecule has 4 heteroatoms. The van der Waals surface area contributed by atoms with Crippen LogP contribution in [0.5, 0.6) is 0 Å². The molecular formula is C42H87O3P. The Labute approximate surface area is 293 Å². The average molecular weight is 671 g/mol. The fourth-order valence-corrected chi connectivity index (χ4v) is 6.82. The van der Waals surface area contributed by atoms with E-state index < -0.39 is 8.60 Å². The van der Waals surface area contributed by atoms with Gasteiger partial charge in [-0.3, -0.25) is 0 Å². The van der Waals surface area contributed by atoms with Crippen molar-refractivity contribution >= 4 is 8.60 Å². The van der Waals surface area contributed by atoms with Gasteiger partial charge in [0.2, 0.25) is 0 Å². The maximum absolute atomic E-state index is 7.37. The van der Waals surface area contributed by atoms with Crippen LogP contribution in [-0.4, -0.2) is 16.8 Å². The predicted molar refractivity (Wildman–Crippen MR) is 208 cm³/mol. The Morgan fingerprint density at radius 3 is 0.478 bits per heavy atom. The highest BCUT2D eigenvalue weighted by atomic mass is 31.2. The molecule has 0 spiro atoms. The second-order valence-corrected chi connectivity index (χ2v) is 24.2. The SMILES string of the molecule is CC(C)(C)CCC(C)(CCC(C)(C)C)OP(OC(C)(CCC(C)(C)C)CCC(C)(C)C)OC(C)(CCC(C)(C)C)CCC(C)(C)C. The van der Waals surface area contributed by atoms with Crippen molar-refractivity contribution in [3.63, 3.8) is 0 Å². The van der Waals surface area contributed by atoms with Gasteiger partial charge in [-0.1, -0.05) is 125 Å². The first kappa shape index (κ1) is 46.3. The first-order valence-electron chi connectivity index (χ1n) is 18.9. The molecule has 0 fully saturated rings. The minimum atomic E-state index is -1.61. The van der Waals surface area contributed by atoms with Gasteiger partial charge in [-0.2, -0.15) is 0 Å². The molecule has 0 aliphatic rings. The van der Waals surface area contributed by atoms with Gasteiger partial charge in [-0.15, -0.1) is 0 Å². The van der Waals surface area contributed by atoms with Crippen molar-refractivity contribution in [2.24, 2.45) is 32.5 Å². The number of hydrogen-bond acceptors (Lipinski definition) is 3. The van der Waals surface area contributed by atoms with Crippen molar-refractivity contribution in [1.29, 1.82) is 0 Å². The predicted octanol–water partition coefficient (Wildman–Crippen LogP) is 15.5. The van der Waals surface area contributed by atoms with Crippen LogP contribution in [0.3, 0.4) is 0 Å². The molecule has 0 amide bonds. The summed E-state index contributed by atoms with van der Waals surface area (Å²) in [6.45, 7) is 49.3. The van der Waals surface area contributed by atoms with Gasteiger partial charge in [0.15, 0.2) is 0 Å². The molecule has 0 N–H and O–H groups in total. The molecule has 0 aromatic heterocycles. The molecule has 0 aromatic carbocycles. The lowest BCUT2D eigenvalue weighted by Gasteiger charge is -2.44. The Kier molecular flexibility index (Phi) is 17.1. The third-order valence-corrected chi connectivity index (χ3v) is 11.1. The summed E-state index contributed by atoms with van der Waals surface area (Å²) < 4.78 is 22.1. The molecule has 0 aromatic rings. The van der Waals surface area contributed by atoms with E-state index in [0.29, 0.717) is 0 Å². The molecule has 0 atom stereocenters. The van der Waals surface area contributed by atoms with Crippen molar-refractivity contribution in [2.75, 3.05) is 0 Å². The normalized spacial score (nSPS) is 15.3. The van der Waals surface area contributed by atoms with Gasteiger partial charge in [-0.05, 0) is 130 Å². The van der Waals surface area contributed by atoms with E-state index in [1.165, 1.54) is 0 Å². The highest BCUT2D eigenvalue weighted by Gasteiger charge is 2.42. The smallest absolute Gasteiger partial charge is 0.306 e. The minimum Gasteiger partial charge on any atom is -0.306 e. The Bertz CT molecular complexity index is 680. The molecule has 0 aliphatic carbocycles. The molecule has 3 nitrogen and oxygen atoms in total. The monoisotopic (exact) mass is 671 g/mol. The highest BCUT2D eigenvalue weighted by molar-refractivity contribution is 7.41. The van der Waals surface area contributed by atoms with Crippen molar-refractivity contribution < 1.29 is 13.6 Å². The van der Waals surface area contributed by atoms with Crippen LogP contribution in [0.4, 0.5) is 0 Å². The molecule has 46 heavy (non-hydrogen) atoms. The summed E-state index contributed by atoms with van der Waals surface area (Å²) in [5, 5.41) is 0. The molecule has 0 heterocycles. The second-order valence-electron chi connectivity index (χ2n) is 23.2. The van der Waals surface area contributed by atoms with E-state index >= 15 is 0 Å². The quantitative estimate of drug-likeness (QED) is 0.136. The molecule has 278 valence electrons. The van der Waals surface area contributed by atoms with Crippen LogP contribution in [0.1, 0.15) is 222 Å². The number of rotatable bonds is 18. The van der Waals surface area contributed by atoms with Gasteiger partial charge in [-0.25, -0.2) is 0 Å². The van der Waals surface area contributed by atoms with E-state index in [-0.39, 0.29) is 49.3 Å². The topological polar surface area (TPSA) is 27.7 Å². The van der Waals surface area contributed by atoms with Gasteiger partial charge >= 0.3 is 8.60 Å². The van der Waals surface area contributed by atoms with Gasteiger partial charge in [0.1, 0.15) is 0 Å². The third-order valence-electron chi connectivity index (χ3n) is 9.31. The van der Waals surface area contributed by atoms with Crippen LogP contribution in [0.2, 0.25) is 0 Å². The Morgan fingerprint density at radius 1 is 0.239 bits per heavy atom. The summed E-state index contributed by atoms with van der Waals surface area (Å²) in [6, 6.07) is 0. The first-order valence-corrected chi connectivity index (χ1v) is 20.0. The standard InChI is InChI=1S/C42H87O3P/c1-34(2,3)22-28-40(19,29-23-35(4,5)6)43-46(44-41(20,30-24-36(7,8)9)31-25-37(10,11)12)45-42(21,32-26-38(13,14)15)33-27-39(16,17)18/h22-33H2,1-21H3. The van der Waals surface area contributed by atoms with Crippen molar-refractivity contribution in [3.8, 4) is 0 Å². The molecule has 0 rings (SSSR count). The zero-order valence-corrected chi connectivity index (χ0v) is 36.6. The van der Waals surface area contributed by atoms with Gasteiger partial charge in [0, 0.05) is 0 Å². The zero-order chi connectivity index (χ0) is 36.7. The maximum atomic E-state index is 7.37. The summed E-state index contributed by atoms with van der Waals surface area (Å²) in [6.07, 6.45) is 12.6. The fraction of sp³-hybridized carbons (Fsp3) is 1.00. The fourth-order valence-electron chi connectivity index (χ4n) is 5.08. The van der Waals surface area contributed by atoms with E-state index in [0.717, 1.165) is 77.0 Å². The van der Waals surface area contributed by atoms with E-state index in [9.17, 15) is 0 Å². The van der Waals surface area contributed by atoms with Crippen molar-refractivity contribution in [1.82, 2.24) is 0 Å². The van der Waals surface area contributed by atoms with Crippen molar-refractivity contribution in [2.45, 2.75) is 239 Å². The largest absolute Gasteiger partial charge is 0.334 e. The Balaban J connectivity index is 6.92. The lowest BCUT2D eigenvalue weighted by atomic mass is 9.80. The van der Waals surface area contributed by atoms with Crippen LogP contribution < -0.4 is 0 Å². The Hall–Kier alpha value is 0.310. The molecule has 0 saturated carbocycles. The molecule has 0 bridgehead atoms. The van der Waals surface area contributed by atoms with Crippen LogP contribution in [0.25, 0.3) is 0 Å². The van der Waals surface area contributed by atoms with Gasteiger partial charge in [0.25, 0.3) is 0 Å². The molecule has 0 aliphatic heterocycles. The summed E-state index contributed by atoms with van der Waals surface area (Å²) >= 11 is 0. The van der Waals surface area contributed by atoms with Crippen molar-refractivity contribution in [3.05, 3.63) is 0 Å². The third kappa shape index (κ3) is 25.3. The second kappa shape index (κ2) is 17.0. The van der Waals surface area contributed by atoms with E-state index in [1.54, 1.807) is 0 Å². The van der Waals surface area contributed by atoms with Crippen LogP contribution >= 0.6 is 8.60 Å². The maximum Gasteiger partial charge on any atom is 0.334 e. The lowest BCUT2D eigenvalue weighted by Crippen LogP contribution is -2.37. The van der Waals surface area contributed by atoms with Crippen LogP contribution in [-0.2, 0) is 13.6 Å². The summed E-state index contributed by atoms with van der Waals surface area (Å²) in [7, 11) is -1.61. The molecular weight excluding hydrogens is 583 g/mol. The lowest BCUT2D eigenvalue weighted by molar-refractivity contribution is -0.0564. The van der Waals surface area contributed by atoms with E-state index in [1.807, 2.05) is 0 Å². The van der Waals surface area contributed by atoms with Gasteiger partial charge in [0.05, 0.1) is 16.8 Å². The van der Waals surface area contributed by atoms with Crippen LogP contribution in [0, 0.1) is 32.5 Å². The minimum absolute atomic E-state index is 0.235. The molecule has 0 unspecified atom stereocenters. The Morgan fingerprint density at radius 2 is 0.370 bits per heavy atom. The first-order chi connectivity index (χ1) is 20.0. The molecule has 0 saturated heterocycles. The zero-order valence-electron chi connectivity index (χ0n) is 35.7. The summed E-state index contributed by atoms with van der Waals surface area (Å²) in [4.78, 5) is 0. The van der Waals surface area contributed by atoms with Gasteiger partial charge < -0.3 is 13.6 Å². The van der Waals surface area contributed by atoms with E-state index in [2.05, 4.69) is 145 Å². The summed E-state index contributed by atoms with van der Waals surface area (Å²) in [5.74, 6) is 0.